The van der Waals surface area contributed by atoms with Crippen LogP contribution in [0.15, 0.2) is 5.16 Å². The highest BCUT2D eigenvalue weighted by Gasteiger charge is 2.01. The van der Waals surface area contributed by atoms with Crippen LogP contribution >= 0.6 is 11.8 Å². The molecule has 0 spiro atoms. The van der Waals surface area contributed by atoms with Crippen LogP contribution in [0.2, 0.25) is 0 Å². The summed E-state index contributed by atoms with van der Waals surface area (Å²) in [5, 5.41) is 12.1. The second-order valence-electron chi connectivity index (χ2n) is 1.71. The fourth-order valence-electron chi connectivity index (χ4n) is 0.627. The van der Waals surface area contributed by atoms with Gasteiger partial charge in [0, 0.05) is 6.54 Å². The summed E-state index contributed by atoms with van der Waals surface area (Å²) in [6.07, 6.45) is 0. The van der Waals surface area contributed by atoms with Crippen molar-refractivity contribution in [2.24, 2.45) is 0 Å². The predicted molar refractivity (Wildman–Crippen MR) is 39.9 cm³/mol. The third-order valence-corrected chi connectivity index (χ3v) is 1.91. The van der Waals surface area contributed by atoms with E-state index in [2.05, 4.69) is 22.4 Å². The molecule has 0 atom stereocenters. The lowest BCUT2D eigenvalue weighted by atomic mass is 10.8. The molecule has 0 saturated carbocycles. The third kappa shape index (κ3) is 1.47. The summed E-state index contributed by atoms with van der Waals surface area (Å²) >= 11 is 1.66. The SMILES string of the molecule is CCSc1nnnn1CC. The van der Waals surface area contributed by atoms with E-state index in [0.29, 0.717) is 0 Å². The van der Waals surface area contributed by atoms with Crippen molar-refractivity contribution in [3.05, 3.63) is 0 Å². The van der Waals surface area contributed by atoms with Crippen molar-refractivity contribution in [1.82, 2.24) is 20.2 Å². The number of rotatable bonds is 3. The summed E-state index contributed by atoms with van der Waals surface area (Å²) in [6, 6.07) is 0. The van der Waals surface area contributed by atoms with Gasteiger partial charge in [0.05, 0.1) is 0 Å². The highest BCUT2D eigenvalue weighted by molar-refractivity contribution is 7.99. The molecule has 1 aromatic heterocycles. The van der Waals surface area contributed by atoms with Crippen LogP contribution in [0.3, 0.4) is 0 Å². The van der Waals surface area contributed by atoms with Crippen LogP contribution in [0.1, 0.15) is 13.8 Å². The van der Waals surface area contributed by atoms with Crippen molar-refractivity contribution < 1.29 is 0 Å². The lowest BCUT2D eigenvalue weighted by molar-refractivity contribution is 0.581. The fraction of sp³-hybridized carbons (Fsp3) is 0.800. The maximum absolute atomic E-state index is 3.84. The highest BCUT2D eigenvalue weighted by Crippen LogP contribution is 2.11. The van der Waals surface area contributed by atoms with Gasteiger partial charge in [-0.1, -0.05) is 18.7 Å². The molecule has 0 N–H and O–H groups in total. The minimum absolute atomic E-state index is 0.843. The van der Waals surface area contributed by atoms with E-state index < -0.39 is 0 Å². The monoisotopic (exact) mass is 158 g/mol. The zero-order valence-electron chi connectivity index (χ0n) is 6.11. The third-order valence-electron chi connectivity index (χ3n) is 1.07. The number of hydrogen-bond acceptors (Lipinski definition) is 4. The predicted octanol–water partition coefficient (Wildman–Crippen LogP) is 0.805. The maximum Gasteiger partial charge on any atom is 0.209 e. The first-order chi connectivity index (χ1) is 4.88. The van der Waals surface area contributed by atoms with Gasteiger partial charge in [0.2, 0.25) is 5.16 Å². The van der Waals surface area contributed by atoms with Crippen molar-refractivity contribution in [3.63, 3.8) is 0 Å². The Morgan fingerprint density at radius 1 is 1.50 bits per heavy atom. The van der Waals surface area contributed by atoms with Crippen LogP contribution < -0.4 is 0 Å². The van der Waals surface area contributed by atoms with Crippen molar-refractivity contribution in [2.45, 2.75) is 25.5 Å². The summed E-state index contributed by atoms with van der Waals surface area (Å²) in [6.45, 7) is 4.95. The van der Waals surface area contributed by atoms with Crippen molar-refractivity contribution in [2.75, 3.05) is 5.75 Å². The zero-order chi connectivity index (χ0) is 7.40. The van der Waals surface area contributed by atoms with E-state index in [4.69, 9.17) is 0 Å². The van der Waals surface area contributed by atoms with Gasteiger partial charge < -0.3 is 0 Å². The molecule has 56 valence electrons. The molecule has 0 amide bonds. The number of aryl methyl sites for hydroxylation is 1. The first-order valence-electron chi connectivity index (χ1n) is 3.27. The van der Waals surface area contributed by atoms with E-state index in [1.165, 1.54) is 0 Å². The Balaban J connectivity index is 2.70. The van der Waals surface area contributed by atoms with Gasteiger partial charge in [-0.05, 0) is 23.1 Å². The highest BCUT2D eigenvalue weighted by atomic mass is 32.2. The first-order valence-corrected chi connectivity index (χ1v) is 4.26. The Morgan fingerprint density at radius 3 is 2.90 bits per heavy atom. The van der Waals surface area contributed by atoms with Gasteiger partial charge in [0.1, 0.15) is 0 Å². The Kier molecular flexibility index (Phi) is 2.68. The molecule has 0 saturated heterocycles. The second-order valence-corrected chi connectivity index (χ2v) is 2.94. The number of thioether (sulfide) groups is 1. The second kappa shape index (κ2) is 3.55. The van der Waals surface area contributed by atoms with E-state index in [1.807, 2.05) is 6.92 Å². The van der Waals surface area contributed by atoms with Gasteiger partial charge in [-0.2, -0.15) is 0 Å². The Hall–Kier alpha value is -0.580. The molecular formula is C5H10N4S. The van der Waals surface area contributed by atoms with Crippen LogP contribution in [0.25, 0.3) is 0 Å². The average Bonchev–Trinajstić information content (AvgIpc) is 2.36. The molecule has 0 unspecified atom stereocenters. The summed E-state index contributed by atoms with van der Waals surface area (Å²) < 4.78 is 1.79. The molecule has 0 fully saturated rings. The smallest absolute Gasteiger partial charge is 0.209 e. The molecule has 0 bridgehead atoms. The summed E-state index contributed by atoms with van der Waals surface area (Å²) in [5.74, 6) is 1.01. The summed E-state index contributed by atoms with van der Waals surface area (Å²) in [4.78, 5) is 0. The van der Waals surface area contributed by atoms with E-state index in [9.17, 15) is 0 Å². The number of hydrogen-bond donors (Lipinski definition) is 0. The quantitative estimate of drug-likeness (QED) is 0.610. The molecule has 1 rings (SSSR count). The van der Waals surface area contributed by atoms with Crippen LogP contribution in [-0.2, 0) is 6.54 Å². The molecule has 5 heteroatoms. The molecule has 0 aliphatic carbocycles. The fourth-order valence-corrected chi connectivity index (χ4v) is 1.29. The van der Waals surface area contributed by atoms with Gasteiger partial charge >= 0.3 is 0 Å². The van der Waals surface area contributed by atoms with Crippen LogP contribution in [-0.4, -0.2) is 26.0 Å². The van der Waals surface area contributed by atoms with Crippen molar-refractivity contribution in [1.29, 1.82) is 0 Å². The number of aromatic nitrogens is 4. The van der Waals surface area contributed by atoms with E-state index in [1.54, 1.807) is 16.4 Å². The van der Waals surface area contributed by atoms with Gasteiger partial charge in [-0.3, -0.25) is 0 Å². The standard InChI is InChI=1S/C5H10N4S/c1-3-9-5(10-4-2)6-7-8-9/h3-4H2,1-2H3. The molecule has 0 aromatic carbocycles. The number of tetrazole rings is 1. The molecule has 10 heavy (non-hydrogen) atoms. The lowest BCUT2D eigenvalue weighted by Crippen LogP contribution is -1.98. The summed E-state index contributed by atoms with van der Waals surface area (Å²) in [7, 11) is 0. The molecule has 1 aromatic rings. The average molecular weight is 158 g/mol. The molecule has 0 aliphatic rings. The largest absolute Gasteiger partial charge is 0.221 e. The van der Waals surface area contributed by atoms with Gasteiger partial charge in [0.25, 0.3) is 0 Å². The molecule has 4 nitrogen and oxygen atoms in total. The van der Waals surface area contributed by atoms with Crippen LogP contribution in [0.4, 0.5) is 0 Å². The maximum atomic E-state index is 3.84. The van der Waals surface area contributed by atoms with Gasteiger partial charge in [-0.25, -0.2) is 4.68 Å². The first kappa shape index (κ1) is 7.53. The minimum Gasteiger partial charge on any atom is -0.221 e. The van der Waals surface area contributed by atoms with Crippen LogP contribution in [0, 0.1) is 0 Å². The normalized spacial score (nSPS) is 10.2. The molecule has 0 aliphatic heterocycles. The summed E-state index contributed by atoms with van der Waals surface area (Å²) in [5.41, 5.74) is 0. The molecular weight excluding hydrogens is 148 g/mol. The Bertz CT molecular complexity index is 197. The minimum atomic E-state index is 0.843. The van der Waals surface area contributed by atoms with Crippen molar-refractivity contribution in [3.8, 4) is 0 Å². The van der Waals surface area contributed by atoms with E-state index in [0.717, 1.165) is 17.5 Å². The molecule has 0 radical (unpaired) electrons. The van der Waals surface area contributed by atoms with Gasteiger partial charge in [-0.15, -0.1) is 5.10 Å². The topological polar surface area (TPSA) is 43.6 Å². The van der Waals surface area contributed by atoms with Crippen molar-refractivity contribution >= 4 is 11.8 Å². The Labute approximate surface area is 64.0 Å². The van der Waals surface area contributed by atoms with E-state index >= 15 is 0 Å². The van der Waals surface area contributed by atoms with Crippen LogP contribution in [0.5, 0.6) is 0 Å². The van der Waals surface area contributed by atoms with Gasteiger partial charge in [0.15, 0.2) is 0 Å². The number of nitrogens with zero attached hydrogens (tertiary/aromatic N) is 4. The zero-order valence-corrected chi connectivity index (χ0v) is 6.93. The molecule has 1 heterocycles. The van der Waals surface area contributed by atoms with E-state index in [-0.39, 0.29) is 0 Å². The Morgan fingerprint density at radius 2 is 2.30 bits per heavy atom. The lowest BCUT2D eigenvalue weighted by Gasteiger charge is -1.95.